The molecule has 1 aromatic rings. The van der Waals surface area contributed by atoms with Gasteiger partial charge in [0.15, 0.2) is 0 Å². The van der Waals surface area contributed by atoms with Gasteiger partial charge in [-0.2, -0.15) is 0 Å². The Morgan fingerprint density at radius 2 is 1.94 bits per heavy atom. The average Bonchev–Trinajstić information content (AvgIpc) is 2.29. The molecule has 0 saturated heterocycles. The Hall–Kier alpha value is -0.870. The van der Waals surface area contributed by atoms with E-state index in [0.29, 0.717) is 19.5 Å². The number of nitrogens with one attached hydrogen (secondary N) is 1. The number of unbranched alkanes of at least 4 members (excludes halogenated alkanes) is 1. The number of benzene rings is 1. The standard InChI is InChI=1S/C12H21N2O3P/c13-8-7-11-5-1-2-6-12(11)14-9-3-4-10-18(15,16)17/h1-2,5-6,14H,3-4,7-10,13H2,(H2,15,16,17). The zero-order valence-electron chi connectivity index (χ0n) is 10.4. The molecule has 102 valence electrons. The van der Waals surface area contributed by atoms with Gasteiger partial charge in [-0.25, -0.2) is 0 Å². The van der Waals surface area contributed by atoms with Gasteiger partial charge in [-0.05, 0) is 37.4 Å². The Kier molecular flexibility index (Phi) is 6.36. The summed E-state index contributed by atoms with van der Waals surface area (Å²) >= 11 is 0. The van der Waals surface area contributed by atoms with E-state index in [0.717, 1.165) is 18.5 Å². The molecule has 1 aromatic carbocycles. The van der Waals surface area contributed by atoms with Gasteiger partial charge in [0.05, 0.1) is 0 Å². The summed E-state index contributed by atoms with van der Waals surface area (Å²) in [6.07, 6.45) is 2.04. The molecule has 5 nitrogen and oxygen atoms in total. The molecular formula is C12H21N2O3P. The Balaban J connectivity index is 2.33. The predicted molar refractivity (Wildman–Crippen MR) is 73.8 cm³/mol. The topological polar surface area (TPSA) is 95.6 Å². The molecule has 6 heteroatoms. The van der Waals surface area contributed by atoms with Crippen molar-refractivity contribution in [2.75, 3.05) is 24.6 Å². The van der Waals surface area contributed by atoms with Crippen molar-refractivity contribution in [1.29, 1.82) is 0 Å². The molecule has 0 fully saturated rings. The first-order chi connectivity index (χ1) is 8.53. The van der Waals surface area contributed by atoms with Crippen LogP contribution in [0.1, 0.15) is 18.4 Å². The normalized spacial score (nSPS) is 11.5. The smallest absolute Gasteiger partial charge is 0.325 e. The third-order valence-corrected chi connectivity index (χ3v) is 3.52. The molecule has 1 rings (SSSR count). The zero-order chi connectivity index (χ0) is 13.4. The molecule has 0 atom stereocenters. The van der Waals surface area contributed by atoms with Crippen molar-refractivity contribution in [3.05, 3.63) is 29.8 Å². The van der Waals surface area contributed by atoms with Crippen LogP contribution < -0.4 is 11.1 Å². The summed E-state index contributed by atoms with van der Waals surface area (Å²) in [6.45, 7) is 1.32. The van der Waals surface area contributed by atoms with Crippen molar-refractivity contribution >= 4 is 13.3 Å². The number of anilines is 1. The molecule has 0 bridgehead atoms. The zero-order valence-corrected chi connectivity index (χ0v) is 11.3. The average molecular weight is 272 g/mol. The molecule has 5 N–H and O–H groups in total. The molecular weight excluding hydrogens is 251 g/mol. The lowest BCUT2D eigenvalue weighted by Crippen LogP contribution is -2.08. The maximum absolute atomic E-state index is 10.7. The van der Waals surface area contributed by atoms with Crippen LogP contribution in [0.4, 0.5) is 5.69 Å². The molecule has 0 unspecified atom stereocenters. The second kappa shape index (κ2) is 7.54. The van der Waals surface area contributed by atoms with E-state index in [1.165, 1.54) is 5.56 Å². The fourth-order valence-electron chi connectivity index (χ4n) is 1.73. The SMILES string of the molecule is NCCc1ccccc1NCCCCP(=O)(O)O. The summed E-state index contributed by atoms with van der Waals surface area (Å²) < 4.78 is 10.7. The Bertz CT molecular complexity index is 406. The first-order valence-corrected chi connectivity index (χ1v) is 7.89. The number of rotatable bonds is 8. The van der Waals surface area contributed by atoms with Crippen LogP contribution >= 0.6 is 7.60 Å². The second-order valence-corrected chi connectivity index (χ2v) is 5.99. The van der Waals surface area contributed by atoms with Crippen molar-refractivity contribution in [1.82, 2.24) is 0 Å². The largest absolute Gasteiger partial charge is 0.385 e. The molecule has 0 radical (unpaired) electrons. The molecule has 0 aliphatic carbocycles. The third kappa shape index (κ3) is 6.17. The fraction of sp³-hybridized carbons (Fsp3) is 0.500. The summed E-state index contributed by atoms with van der Waals surface area (Å²) in [5.41, 5.74) is 7.77. The van der Waals surface area contributed by atoms with Crippen LogP contribution in [0.3, 0.4) is 0 Å². The van der Waals surface area contributed by atoms with E-state index in [4.69, 9.17) is 15.5 Å². The van der Waals surface area contributed by atoms with Crippen molar-refractivity contribution < 1.29 is 14.4 Å². The van der Waals surface area contributed by atoms with Gasteiger partial charge in [-0.3, -0.25) is 4.57 Å². The van der Waals surface area contributed by atoms with E-state index in [2.05, 4.69) is 5.32 Å². The predicted octanol–water partition coefficient (Wildman–Crippen LogP) is 1.56. The first-order valence-electron chi connectivity index (χ1n) is 6.09. The number of para-hydroxylation sites is 1. The molecule has 0 aliphatic rings. The molecule has 0 amide bonds. The summed E-state index contributed by atoms with van der Waals surface area (Å²) in [4.78, 5) is 17.4. The highest BCUT2D eigenvalue weighted by molar-refractivity contribution is 7.51. The highest BCUT2D eigenvalue weighted by Crippen LogP contribution is 2.35. The molecule has 0 spiro atoms. The van der Waals surface area contributed by atoms with Crippen molar-refractivity contribution in [2.24, 2.45) is 5.73 Å². The van der Waals surface area contributed by atoms with Crippen LogP contribution in [0.25, 0.3) is 0 Å². The van der Waals surface area contributed by atoms with E-state index in [-0.39, 0.29) is 6.16 Å². The first kappa shape index (κ1) is 15.2. The van der Waals surface area contributed by atoms with Crippen molar-refractivity contribution in [3.8, 4) is 0 Å². The van der Waals surface area contributed by atoms with Crippen LogP contribution in [0.5, 0.6) is 0 Å². The lowest BCUT2D eigenvalue weighted by Gasteiger charge is -2.11. The minimum absolute atomic E-state index is 0.0425. The van der Waals surface area contributed by atoms with Crippen LogP contribution in [0.15, 0.2) is 24.3 Å². The molecule has 0 heterocycles. The van der Waals surface area contributed by atoms with Gasteiger partial charge >= 0.3 is 7.60 Å². The minimum Gasteiger partial charge on any atom is -0.385 e. The van der Waals surface area contributed by atoms with E-state index in [1.807, 2.05) is 24.3 Å². The lowest BCUT2D eigenvalue weighted by molar-refractivity contribution is 0.371. The van der Waals surface area contributed by atoms with Gasteiger partial charge in [0.25, 0.3) is 0 Å². The molecule has 0 aromatic heterocycles. The van der Waals surface area contributed by atoms with E-state index >= 15 is 0 Å². The van der Waals surface area contributed by atoms with Crippen molar-refractivity contribution in [3.63, 3.8) is 0 Å². The van der Waals surface area contributed by atoms with Crippen molar-refractivity contribution in [2.45, 2.75) is 19.3 Å². The Morgan fingerprint density at radius 3 is 2.61 bits per heavy atom. The second-order valence-electron chi connectivity index (χ2n) is 4.22. The Labute approximate surface area is 108 Å². The molecule has 18 heavy (non-hydrogen) atoms. The van der Waals surface area contributed by atoms with Gasteiger partial charge < -0.3 is 20.8 Å². The Morgan fingerprint density at radius 1 is 1.22 bits per heavy atom. The summed E-state index contributed by atoms with van der Waals surface area (Å²) in [5, 5.41) is 3.28. The molecule has 0 aliphatic heterocycles. The van der Waals surface area contributed by atoms with Crippen LogP contribution in [-0.4, -0.2) is 29.0 Å². The quantitative estimate of drug-likeness (QED) is 0.425. The van der Waals surface area contributed by atoms with E-state index in [9.17, 15) is 4.57 Å². The van der Waals surface area contributed by atoms with Crippen LogP contribution in [0, 0.1) is 0 Å². The number of nitrogens with two attached hydrogens (primary N) is 1. The van der Waals surface area contributed by atoms with Gasteiger partial charge in [0.2, 0.25) is 0 Å². The van der Waals surface area contributed by atoms with Gasteiger partial charge in [-0.1, -0.05) is 18.2 Å². The monoisotopic (exact) mass is 272 g/mol. The van der Waals surface area contributed by atoms with Gasteiger partial charge in [0, 0.05) is 18.4 Å². The highest BCUT2D eigenvalue weighted by atomic mass is 31.2. The fourth-order valence-corrected chi connectivity index (χ4v) is 2.37. The summed E-state index contributed by atoms with van der Waals surface area (Å²) in [7, 11) is -3.84. The maximum Gasteiger partial charge on any atom is 0.325 e. The van der Waals surface area contributed by atoms with E-state index < -0.39 is 7.60 Å². The summed E-state index contributed by atoms with van der Waals surface area (Å²) in [6, 6.07) is 7.96. The van der Waals surface area contributed by atoms with Gasteiger partial charge in [-0.15, -0.1) is 0 Å². The highest BCUT2D eigenvalue weighted by Gasteiger charge is 2.11. The lowest BCUT2D eigenvalue weighted by atomic mass is 10.1. The third-order valence-electron chi connectivity index (χ3n) is 2.62. The van der Waals surface area contributed by atoms with E-state index in [1.54, 1.807) is 0 Å². The molecule has 0 saturated carbocycles. The number of hydrogen-bond donors (Lipinski definition) is 4. The van der Waals surface area contributed by atoms with Crippen LogP contribution in [0.2, 0.25) is 0 Å². The van der Waals surface area contributed by atoms with Crippen LogP contribution in [-0.2, 0) is 11.0 Å². The minimum atomic E-state index is -3.84. The maximum atomic E-state index is 10.7. The summed E-state index contributed by atoms with van der Waals surface area (Å²) in [5.74, 6) is 0. The number of hydrogen-bond acceptors (Lipinski definition) is 3. The van der Waals surface area contributed by atoms with Gasteiger partial charge in [0.1, 0.15) is 0 Å².